The Kier molecular flexibility index (Phi) is 1.80. The second kappa shape index (κ2) is 3.07. The Bertz CT molecular complexity index is 508. The zero-order valence-electron chi connectivity index (χ0n) is 8.78. The molecule has 4 N–H and O–H groups in total. The van der Waals surface area contributed by atoms with Gasteiger partial charge in [-0.3, -0.25) is 0 Å². The molecule has 0 fully saturated rings. The second-order valence-corrected chi connectivity index (χ2v) is 3.90. The van der Waals surface area contributed by atoms with E-state index in [2.05, 4.69) is 21.2 Å². The van der Waals surface area contributed by atoms with Gasteiger partial charge in [0.05, 0.1) is 0 Å². The minimum Gasteiger partial charge on any atom is -0.352 e. The van der Waals surface area contributed by atoms with Crippen molar-refractivity contribution in [2.45, 2.75) is 12.8 Å². The molecule has 3 rings (SSSR count). The molecule has 1 aromatic carbocycles. The Balaban J connectivity index is 2.15. The number of nitrogens with zero attached hydrogens (tertiary/aromatic N) is 1. The van der Waals surface area contributed by atoms with Gasteiger partial charge in [0, 0.05) is 5.69 Å². The van der Waals surface area contributed by atoms with Crippen LogP contribution < -0.4 is 16.2 Å². The first-order valence-corrected chi connectivity index (χ1v) is 5.08. The van der Waals surface area contributed by atoms with Crippen LogP contribution in [-0.2, 0) is 0 Å². The first-order chi connectivity index (χ1) is 7.67. The van der Waals surface area contributed by atoms with Gasteiger partial charge in [0.2, 0.25) is 0 Å². The molecule has 16 heavy (non-hydrogen) atoms. The molecule has 0 radical (unpaired) electrons. The normalized spacial score (nSPS) is 26.6. The Morgan fingerprint density at radius 3 is 3.00 bits per heavy atom. The fourth-order valence-electron chi connectivity index (χ4n) is 1.85. The van der Waals surface area contributed by atoms with Crippen LogP contribution in [0.2, 0.25) is 0 Å². The largest absolute Gasteiger partial charge is 0.352 e. The maximum atomic E-state index is 10.3. The Morgan fingerprint density at radius 1 is 1.31 bits per heavy atom. The average Bonchev–Trinajstić information content (AvgIpc) is 2.27. The van der Waals surface area contributed by atoms with Gasteiger partial charge < -0.3 is 15.8 Å². The molecule has 5 heteroatoms. The fourth-order valence-corrected chi connectivity index (χ4v) is 1.85. The summed E-state index contributed by atoms with van der Waals surface area (Å²) in [5.74, 6) is -0.620. The number of aliphatic hydroxyl groups is 1. The van der Waals surface area contributed by atoms with Gasteiger partial charge in [-0.15, -0.1) is 0 Å². The molecule has 1 atom stereocenters. The number of para-hydroxylation sites is 1. The zero-order chi connectivity index (χ0) is 11.2. The Labute approximate surface area is 92.9 Å². The Morgan fingerprint density at radius 2 is 2.12 bits per heavy atom. The van der Waals surface area contributed by atoms with E-state index in [9.17, 15) is 5.11 Å². The van der Waals surface area contributed by atoms with Gasteiger partial charge in [-0.2, -0.15) is 5.43 Å². The van der Waals surface area contributed by atoms with E-state index in [1.807, 2.05) is 37.3 Å². The average molecular weight is 216 g/mol. The van der Waals surface area contributed by atoms with Gasteiger partial charge in [-0.25, -0.2) is 4.99 Å². The first kappa shape index (κ1) is 9.38. The van der Waals surface area contributed by atoms with Crippen LogP contribution in [0.1, 0.15) is 12.5 Å². The van der Waals surface area contributed by atoms with E-state index in [0.717, 1.165) is 17.1 Å². The summed E-state index contributed by atoms with van der Waals surface area (Å²) in [5, 5.41) is 13.3. The molecule has 1 unspecified atom stereocenters. The van der Waals surface area contributed by atoms with Gasteiger partial charge in [0.25, 0.3) is 5.85 Å². The number of anilines is 1. The highest BCUT2D eigenvalue weighted by Crippen LogP contribution is 2.31. The minimum atomic E-state index is -1.34. The summed E-state index contributed by atoms with van der Waals surface area (Å²) in [7, 11) is 0. The van der Waals surface area contributed by atoms with Gasteiger partial charge in [-0.05, 0) is 24.6 Å². The van der Waals surface area contributed by atoms with Crippen molar-refractivity contribution < 1.29 is 5.11 Å². The monoisotopic (exact) mass is 216 g/mol. The highest BCUT2D eigenvalue weighted by molar-refractivity contribution is 5.84. The summed E-state index contributed by atoms with van der Waals surface area (Å²) in [4.78, 5) is 4.27. The maximum absolute atomic E-state index is 10.3. The Hall–Kier alpha value is -1.85. The van der Waals surface area contributed by atoms with Crippen molar-refractivity contribution >= 4 is 17.6 Å². The van der Waals surface area contributed by atoms with Crippen molar-refractivity contribution in [1.29, 1.82) is 0 Å². The minimum absolute atomic E-state index is 0.558. The van der Waals surface area contributed by atoms with Crippen molar-refractivity contribution in [3.8, 4) is 0 Å². The van der Waals surface area contributed by atoms with E-state index in [4.69, 9.17) is 0 Å². The van der Waals surface area contributed by atoms with Crippen molar-refractivity contribution in [2.24, 2.45) is 4.99 Å². The summed E-state index contributed by atoms with van der Waals surface area (Å²) < 4.78 is 0. The van der Waals surface area contributed by atoms with Crippen LogP contribution >= 0.6 is 0 Å². The lowest BCUT2D eigenvalue weighted by atomic mass is 10.0. The third kappa shape index (κ3) is 1.30. The number of benzene rings is 1. The third-order valence-electron chi connectivity index (χ3n) is 2.65. The maximum Gasteiger partial charge on any atom is 0.255 e. The molecule has 2 heterocycles. The van der Waals surface area contributed by atoms with Crippen LogP contribution in [0.5, 0.6) is 0 Å². The molecule has 0 spiro atoms. The van der Waals surface area contributed by atoms with Gasteiger partial charge in [0.1, 0.15) is 11.5 Å². The highest BCUT2D eigenvalue weighted by atomic mass is 16.3. The van der Waals surface area contributed by atoms with Crippen LogP contribution in [0, 0.1) is 0 Å². The summed E-state index contributed by atoms with van der Waals surface area (Å²) >= 11 is 0. The van der Waals surface area contributed by atoms with Gasteiger partial charge >= 0.3 is 0 Å². The summed E-state index contributed by atoms with van der Waals surface area (Å²) in [6, 6.07) is 7.75. The third-order valence-corrected chi connectivity index (χ3v) is 2.65. The summed E-state index contributed by atoms with van der Waals surface area (Å²) in [6.45, 7) is 1.83. The van der Waals surface area contributed by atoms with Gasteiger partial charge in [0.15, 0.2) is 0 Å². The van der Waals surface area contributed by atoms with E-state index in [1.165, 1.54) is 0 Å². The molecule has 1 aromatic rings. The molecule has 0 saturated heterocycles. The van der Waals surface area contributed by atoms with Crippen LogP contribution in [0.25, 0.3) is 6.08 Å². The number of nitrogens with one attached hydrogen (secondary N) is 3. The fraction of sp³-hybridized carbons (Fsp3) is 0.182. The number of hydrogen-bond acceptors (Lipinski definition) is 5. The number of rotatable bonds is 0. The number of hydrazine groups is 1. The topological polar surface area (TPSA) is 68.7 Å². The van der Waals surface area contributed by atoms with Crippen LogP contribution in [0.3, 0.4) is 0 Å². The molecule has 82 valence electrons. The van der Waals surface area contributed by atoms with Gasteiger partial charge in [-0.1, -0.05) is 18.2 Å². The lowest BCUT2D eigenvalue weighted by Crippen LogP contribution is -2.63. The highest BCUT2D eigenvalue weighted by Gasteiger charge is 2.37. The van der Waals surface area contributed by atoms with Crippen LogP contribution in [-0.4, -0.2) is 16.8 Å². The molecule has 5 nitrogen and oxygen atoms in total. The molecule has 2 aliphatic rings. The predicted octanol–water partition coefficient (Wildman–Crippen LogP) is 0.625. The van der Waals surface area contributed by atoms with Crippen molar-refractivity contribution in [2.75, 3.05) is 5.32 Å². The van der Waals surface area contributed by atoms with E-state index in [1.54, 1.807) is 0 Å². The summed E-state index contributed by atoms with van der Waals surface area (Å²) in [6.07, 6.45) is 1.86. The zero-order valence-corrected chi connectivity index (χ0v) is 8.78. The molecule has 2 aliphatic heterocycles. The molecule has 0 saturated carbocycles. The lowest BCUT2D eigenvalue weighted by Gasteiger charge is -2.38. The summed E-state index contributed by atoms with van der Waals surface area (Å²) in [5.41, 5.74) is 8.03. The van der Waals surface area contributed by atoms with E-state index in [0.29, 0.717) is 5.70 Å². The van der Waals surface area contributed by atoms with Crippen LogP contribution in [0.4, 0.5) is 5.69 Å². The quantitative estimate of drug-likeness (QED) is 0.513. The van der Waals surface area contributed by atoms with E-state index < -0.39 is 5.85 Å². The van der Waals surface area contributed by atoms with E-state index >= 15 is 0 Å². The smallest absolute Gasteiger partial charge is 0.255 e. The number of fused-ring (bicyclic) bond motifs is 2. The molecule has 0 amide bonds. The molecular weight excluding hydrogens is 204 g/mol. The number of aliphatic imine (C=N–C) groups is 1. The van der Waals surface area contributed by atoms with Crippen molar-refractivity contribution in [3.63, 3.8) is 0 Å². The SMILES string of the molecule is CC1=NC2=Cc3ccccc3NC2(O)NN1. The molecule has 0 aliphatic carbocycles. The lowest BCUT2D eigenvalue weighted by molar-refractivity contribution is 0.0573. The number of amidine groups is 1. The standard InChI is InChI=1S/C11H12N4O/c1-7-12-10-6-8-4-2-3-5-9(8)13-11(10,16)15-14-7/h2-6,13,15-16H,1H3,(H,12,14). The molecule has 0 aromatic heterocycles. The number of hydrogen-bond donors (Lipinski definition) is 4. The first-order valence-electron chi connectivity index (χ1n) is 5.08. The second-order valence-electron chi connectivity index (χ2n) is 3.90. The van der Waals surface area contributed by atoms with E-state index in [-0.39, 0.29) is 0 Å². The molecule has 0 bridgehead atoms. The predicted molar refractivity (Wildman–Crippen MR) is 62.4 cm³/mol. The van der Waals surface area contributed by atoms with Crippen LogP contribution in [0.15, 0.2) is 35.0 Å². The van der Waals surface area contributed by atoms with Crippen molar-refractivity contribution in [1.82, 2.24) is 10.9 Å². The van der Waals surface area contributed by atoms with Crippen molar-refractivity contribution in [3.05, 3.63) is 35.5 Å². The molecular formula is C11H12N4O.